The molecule has 2 aromatic rings. The molecule has 2 aliphatic rings. The number of sulfonamides is 1. The maximum absolute atomic E-state index is 13.5. The third-order valence-electron chi connectivity index (χ3n) is 6.32. The largest absolute Gasteiger partial charge is 0.416 e. The fourth-order valence-electron chi connectivity index (χ4n) is 5.06. The molecule has 1 saturated heterocycles. The first-order valence-corrected chi connectivity index (χ1v) is 11.2. The van der Waals surface area contributed by atoms with E-state index in [2.05, 4.69) is 5.32 Å². The monoisotopic (exact) mass is 424 g/mol. The number of nitrogens with one attached hydrogen (secondary N) is 1. The van der Waals surface area contributed by atoms with Crippen molar-refractivity contribution in [2.45, 2.75) is 36.3 Å². The number of hydrogen-bond donors (Lipinski definition) is 2. The first kappa shape index (κ1) is 20.4. The predicted octanol–water partition coefficient (Wildman–Crippen LogP) is 3.66. The summed E-state index contributed by atoms with van der Waals surface area (Å²) in [5.74, 6) is 1.00. The predicted molar refractivity (Wildman–Crippen MR) is 104 cm³/mol. The van der Waals surface area contributed by atoms with Gasteiger partial charge in [0, 0.05) is 0 Å². The summed E-state index contributed by atoms with van der Waals surface area (Å²) < 4.78 is 65.1. The highest BCUT2D eigenvalue weighted by Gasteiger charge is 2.41. The topological polar surface area (TPSA) is 72.2 Å². The minimum absolute atomic E-state index is 0.0523. The van der Waals surface area contributed by atoms with Gasteiger partial charge in [-0.2, -0.15) is 13.2 Å². The average Bonchev–Trinajstić information content (AvgIpc) is 3.24. The molecule has 4 rings (SSSR count). The average molecular weight is 424 g/mol. The number of nitrogens with two attached hydrogens (primary N) is 1. The maximum atomic E-state index is 13.5. The van der Waals surface area contributed by atoms with E-state index < -0.39 is 21.8 Å². The Balaban J connectivity index is 1.84. The van der Waals surface area contributed by atoms with Gasteiger partial charge in [0.25, 0.3) is 0 Å². The Hall–Kier alpha value is -1.90. The SMILES string of the molecule is NS(=O)(=O)c1cccc(C2CCC3CNCC32)c1Cc1ccccc1C(F)(F)F. The molecule has 8 heteroatoms. The van der Waals surface area contributed by atoms with E-state index in [-0.39, 0.29) is 22.8 Å². The fraction of sp³-hybridized carbons (Fsp3) is 0.429. The minimum atomic E-state index is -4.51. The van der Waals surface area contributed by atoms with Gasteiger partial charge in [-0.1, -0.05) is 30.3 Å². The highest BCUT2D eigenvalue weighted by molar-refractivity contribution is 7.89. The van der Waals surface area contributed by atoms with Gasteiger partial charge in [-0.3, -0.25) is 0 Å². The quantitative estimate of drug-likeness (QED) is 0.787. The van der Waals surface area contributed by atoms with Gasteiger partial charge < -0.3 is 5.32 Å². The second kappa shape index (κ2) is 7.41. The molecule has 29 heavy (non-hydrogen) atoms. The highest BCUT2D eigenvalue weighted by Crippen LogP contribution is 2.47. The summed E-state index contributed by atoms with van der Waals surface area (Å²) >= 11 is 0. The van der Waals surface area contributed by atoms with Crippen LogP contribution < -0.4 is 10.5 Å². The molecule has 2 fully saturated rings. The van der Waals surface area contributed by atoms with Gasteiger partial charge in [-0.25, -0.2) is 13.6 Å². The lowest BCUT2D eigenvalue weighted by atomic mass is 9.82. The zero-order valence-electron chi connectivity index (χ0n) is 15.7. The normalized spacial score (nSPS) is 24.6. The van der Waals surface area contributed by atoms with Gasteiger partial charge in [0.05, 0.1) is 10.5 Å². The molecule has 0 radical (unpaired) electrons. The molecule has 2 aromatic carbocycles. The minimum Gasteiger partial charge on any atom is -0.316 e. The number of hydrogen-bond acceptors (Lipinski definition) is 3. The Bertz CT molecular complexity index is 1020. The van der Waals surface area contributed by atoms with Crippen LogP contribution in [0.1, 0.15) is 41.0 Å². The van der Waals surface area contributed by atoms with E-state index in [1.165, 1.54) is 24.3 Å². The van der Waals surface area contributed by atoms with Crippen molar-refractivity contribution in [3.8, 4) is 0 Å². The molecule has 3 atom stereocenters. The third kappa shape index (κ3) is 3.93. The van der Waals surface area contributed by atoms with Crippen LogP contribution >= 0.6 is 0 Å². The van der Waals surface area contributed by atoms with Crippen LogP contribution in [0.2, 0.25) is 0 Å². The second-order valence-corrected chi connectivity index (χ2v) is 9.50. The van der Waals surface area contributed by atoms with E-state index in [1.54, 1.807) is 6.07 Å². The lowest BCUT2D eigenvalue weighted by molar-refractivity contribution is -0.138. The van der Waals surface area contributed by atoms with Crippen LogP contribution in [0.4, 0.5) is 13.2 Å². The summed E-state index contributed by atoms with van der Waals surface area (Å²) in [5.41, 5.74) is 0.507. The van der Waals surface area contributed by atoms with Crippen LogP contribution in [0.3, 0.4) is 0 Å². The molecular formula is C21H23F3N2O2S. The third-order valence-corrected chi connectivity index (χ3v) is 7.32. The molecule has 0 aromatic heterocycles. The first-order chi connectivity index (χ1) is 13.7. The number of benzene rings is 2. The van der Waals surface area contributed by atoms with E-state index in [0.717, 1.165) is 37.6 Å². The van der Waals surface area contributed by atoms with Gasteiger partial charge in [0.2, 0.25) is 10.0 Å². The van der Waals surface area contributed by atoms with E-state index >= 15 is 0 Å². The lowest BCUT2D eigenvalue weighted by Gasteiger charge is -2.24. The summed E-state index contributed by atoms with van der Waals surface area (Å²) in [6, 6.07) is 10.2. The zero-order chi connectivity index (χ0) is 20.8. The van der Waals surface area contributed by atoms with Crippen molar-refractivity contribution in [3.63, 3.8) is 0 Å². The van der Waals surface area contributed by atoms with E-state index in [9.17, 15) is 21.6 Å². The molecule has 1 aliphatic heterocycles. The molecule has 0 bridgehead atoms. The van der Waals surface area contributed by atoms with Gasteiger partial charge in [-0.05, 0) is 78.9 Å². The van der Waals surface area contributed by atoms with Crippen LogP contribution in [-0.4, -0.2) is 21.5 Å². The van der Waals surface area contributed by atoms with Gasteiger partial charge in [0.1, 0.15) is 0 Å². The Labute approximate surface area is 168 Å². The summed E-state index contributed by atoms with van der Waals surface area (Å²) in [7, 11) is -4.07. The van der Waals surface area contributed by atoms with Crippen LogP contribution in [0.15, 0.2) is 47.4 Å². The Morgan fingerprint density at radius 1 is 1.03 bits per heavy atom. The Morgan fingerprint density at radius 2 is 1.79 bits per heavy atom. The van der Waals surface area contributed by atoms with E-state index in [0.29, 0.717) is 17.4 Å². The smallest absolute Gasteiger partial charge is 0.316 e. The fourth-order valence-corrected chi connectivity index (χ4v) is 5.86. The Kier molecular flexibility index (Phi) is 5.21. The van der Waals surface area contributed by atoms with Crippen molar-refractivity contribution in [1.82, 2.24) is 5.32 Å². The number of primary sulfonamides is 1. The molecule has 156 valence electrons. The lowest BCUT2D eigenvalue weighted by Crippen LogP contribution is -2.20. The standard InChI is InChI=1S/C21H23F3N2O2S/c22-21(23,24)19-6-2-1-4-13(19)10-17-15(5-3-7-20(17)29(25,27)28)16-9-8-14-11-26-12-18(14)16/h1-7,14,16,18,26H,8-12H2,(H2,25,27,28). The highest BCUT2D eigenvalue weighted by atomic mass is 32.2. The number of fused-ring (bicyclic) bond motifs is 1. The van der Waals surface area contributed by atoms with Crippen LogP contribution in [-0.2, 0) is 22.6 Å². The molecule has 1 aliphatic carbocycles. The van der Waals surface area contributed by atoms with Crippen LogP contribution in [0.5, 0.6) is 0 Å². The van der Waals surface area contributed by atoms with Crippen molar-refractivity contribution in [3.05, 3.63) is 64.7 Å². The summed E-state index contributed by atoms with van der Waals surface area (Å²) in [4.78, 5) is -0.0821. The van der Waals surface area contributed by atoms with Gasteiger partial charge in [0.15, 0.2) is 0 Å². The van der Waals surface area contributed by atoms with E-state index in [4.69, 9.17) is 5.14 Å². The van der Waals surface area contributed by atoms with Crippen LogP contribution in [0.25, 0.3) is 0 Å². The van der Waals surface area contributed by atoms with Gasteiger partial charge in [-0.15, -0.1) is 0 Å². The van der Waals surface area contributed by atoms with Crippen molar-refractivity contribution in [2.75, 3.05) is 13.1 Å². The van der Waals surface area contributed by atoms with Crippen molar-refractivity contribution in [2.24, 2.45) is 17.0 Å². The van der Waals surface area contributed by atoms with Crippen molar-refractivity contribution >= 4 is 10.0 Å². The molecule has 3 unspecified atom stereocenters. The molecule has 4 nitrogen and oxygen atoms in total. The molecule has 0 amide bonds. The zero-order valence-corrected chi connectivity index (χ0v) is 16.6. The van der Waals surface area contributed by atoms with Crippen LogP contribution in [0, 0.1) is 11.8 Å². The molecule has 1 saturated carbocycles. The molecular weight excluding hydrogens is 401 g/mol. The Morgan fingerprint density at radius 3 is 2.52 bits per heavy atom. The molecule has 1 heterocycles. The first-order valence-electron chi connectivity index (χ1n) is 9.66. The van der Waals surface area contributed by atoms with Crippen molar-refractivity contribution in [1.29, 1.82) is 0 Å². The molecule has 3 N–H and O–H groups in total. The summed E-state index contributed by atoms with van der Waals surface area (Å²) in [5, 5.41) is 8.82. The van der Waals surface area contributed by atoms with Crippen molar-refractivity contribution < 1.29 is 21.6 Å². The maximum Gasteiger partial charge on any atom is 0.416 e. The summed E-state index contributed by atoms with van der Waals surface area (Å²) in [6.45, 7) is 1.77. The number of rotatable bonds is 4. The van der Waals surface area contributed by atoms with Gasteiger partial charge >= 0.3 is 6.18 Å². The number of alkyl halides is 3. The molecule has 0 spiro atoms. The second-order valence-electron chi connectivity index (χ2n) is 7.97. The summed E-state index contributed by atoms with van der Waals surface area (Å²) in [6.07, 6.45) is -2.71. The van der Waals surface area contributed by atoms with E-state index in [1.807, 2.05) is 6.07 Å². The number of halogens is 3.